The van der Waals surface area contributed by atoms with Crippen LogP contribution in [-0.2, 0) is 6.54 Å². The van der Waals surface area contributed by atoms with Crippen molar-refractivity contribution in [3.05, 3.63) is 70.3 Å². The molecule has 0 unspecified atom stereocenters. The summed E-state index contributed by atoms with van der Waals surface area (Å²) in [6.45, 7) is 0.588. The van der Waals surface area contributed by atoms with Crippen LogP contribution in [-0.4, -0.2) is 4.57 Å². The van der Waals surface area contributed by atoms with Gasteiger partial charge in [-0.1, -0.05) is 12.1 Å². The van der Waals surface area contributed by atoms with Crippen molar-refractivity contribution in [3.8, 4) is 0 Å². The van der Waals surface area contributed by atoms with E-state index in [1.807, 2.05) is 16.8 Å². The lowest BCUT2D eigenvalue weighted by atomic mass is 10.2. The van der Waals surface area contributed by atoms with Crippen molar-refractivity contribution in [2.24, 2.45) is 0 Å². The fourth-order valence-electron chi connectivity index (χ4n) is 2.11. The molecule has 0 aliphatic carbocycles. The van der Waals surface area contributed by atoms with Crippen molar-refractivity contribution in [3.63, 3.8) is 0 Å². The van der Waals surface area contributed by atoms with Crippen LogP contribution in [0.5, 0.6) is 0 Å². The molecular formula is C15H10BrF2N. The van der Waals surface area contributed by atoms with Gasteiger partial charge in [-0.05, 0) is 51.8 Å². The Balaban J connectivity index is 2.01. The van der Waals surface area contributed by atoms with Crippen LogP contribution in [0.2, 0.25) is 0 Å². The van der Waals surface area contributed by atoms with Crippen molar-refractivity contribution >= 4 is 26.8 Å². The molecule has 0 N–H and O–H groups in total. The van der Waals surface area contributed by atoms with Crippen LogP contribution in [0, 0.1) is 11.6 Å². The zero-order valence-electron chi connectivity index (χ0n) is 9.91. The molecule has 0 spiro atoms. The molecule has 3 aromatic rings. The number of hydrogen-bond donors (Lipinski definition) is 0. The maximum absolute atomic E-state index is 13.6. The zero-order valence-corrected chi connectivity index (χ0v) is 11.5. The second-order valence-electron chi connectivity index (χ2n) is 4.40. The smallest absolute Gasteiger partial charge is 0.139 e. The average molecular weight is 322 g/mol. The molecule has 0 saturated heterocycles. The first kappa shape index (κ1) is 12.4. The molecule has 19 heavy (non-hydrogen) atoms. The van der Waals surface area contributed by atoms with Gasteiger partial charge in [0.2, 0.25) is 0 Å². The third-order valence-electron chi connectivity index (χ3n) is 3.08. The van der Waals surface area contributed by atoms with Gasteiger partial charge in [0.05, 0.1) is 9.99 Å². The predicted molar refractivity (Wildman–Crippen MR) is 75.1 cm³/mol. The van der Waals surface area contributed by atoms with E-state index in [-0.39, 0.29) is 11.6 Å². The molecule has 0 atom stereocenters. The predicted octanol–water partition coefficient (Wildman–Crippen LogP) is 4.73. The van der Waals surface area contributed by atoms with E-state index < -0.39 is 0 Å². The standard InChI is InChI=1S/C15H10BrF2N/c16-13-7-11-5-6-19(15(11)8-14(13)18)9-10-1-3-12(17)4-2-10/h1-8H,9H2. The van der Waals surface area contributed by atoms with Crippen LogP contribution >= 0.6 is 15.9 Å². The van der Waals surface area contributed by atoms with E-state index in [1.165, 1.54) is 18.2 Å². The van der Waals surface area contributed by atoms with Crippen molar-refractivity contribution in [2.45, 2.75) is 6.54 Å². The van der Waals surface area contributed by atoms with Crippen LogP contribution in [0.3, 0.4) is 0 Å². The third kappa shape index (κ3) is 2.40. The van der Waals surface area contributed by atoms with Gasteiger partial charge in [0.25, 0.3) is 0 Å². The van der Waals surface area contributed by atoms with E-state index in [1.54, 1.807) is 18.2 Å². The summed E-state index contributed by atoms with van der Waals surface area (Å²) in [5.41, 5.74) is 1.80. The van der Waals surface area contributed by atoms with Crippen molar-refractivity contribution in [1.82, 2.24) is 4.57 Å². The molecule has 0 bridgehead atoms. The van der Waals surface area contributed by atoms with E-state index in [4.69, 9.17) is 0 Å². The highest BCUT2D eigenvalue weighted by atomic mass is 79.9. The minimum absolute atomic E-state index is 0.254. The molecule has 1 nitrogen and oxygen atoms in total. The van der Waals surface area contributed by atoms with Gasteiger partial charge in [0.15, 0.2) is 0 Å². The largest absolute Gasteiger partial charge is 0.343 e. The minimum Gasteiger partial charge on any atom is -0.343 e. The lowest BCUT2D eigenvalue weighted by molar-refractivity contribution is 0.621. The average Bonchev–Trinajstić information content (AvgIpc) is 2.76. The van der Waals surface area contributed by atoms with Crippen LogP contribution in [0.4, 0.5) is 8.78 Å². The Labute approximate surface area is 117 Å². The molecule has 4 heteroatoms. The summed E-state index contributed by atoms with van der Waals surface area (Å²) in [7, 11) is 0. The lowest BCUT2D eigenvalue weighted by Crippen LogP contribution is -1.98. The van der Waals surface area contributed by atoms with Crippen molar-refractivity contribution in [2.75, 3.05) is 0 Å². The molecule has 0 aliphatic heterocycles. The molecule has 0 fully saturated rings. The van der Waals surface area contributed by atoms with Gasteiger partial charge < -0.3 is 4.57 Å². The summed E-state index contributed by atoms with van der Waals surface area (Å²) < 4.78 is 28.8. The highest BCUT2D eigenvalue weighted by Crippen LogP contribution is 2.24. The summed E-state index contributed by atoms with van der Waals surface area (Å²) in [5, 5.41) is 0.968. The zero-order chi connectivity index (χ0) is 13.4. The molecule has 0 radical (unpaired) electrons. The highest BCUT2D eigenvalue weighted by Gasteiger charge is 2.06. The van der Waals surface area contributed by atoms with E-state index in [9.17, 15) is 8.78 Å². The monoisotopic (exact) mass is 321 g/mol. The Hall–Kier alpha value is -1.68. The molecular weight excluding hydrogens is 312 g/mol. The molecule has 0 amide bonds. The van der Waals surface area contributed by atoms with Crippen LogP contribution in [0.15, 0.2) is 53.1 Å². The second kappa shape index (κ2) is 4.78. The van der Waals surface area contributed by atoms with Gasteiger partial charge in [-0.3, -0.25) is 0 Å². The first-order chi connectivity index (χ1) is 9.13. The number of nitrogens with zero attached hydrogens (tertiary/aromatic N) is 1. The summed E-state index contributed by atoms with van der Waals surface area (Å²) in [5.74, 6) is -0.539. The summed E-state index contributed by atoms with van der Waals surface area (Å²) in [4.78, 5) is 0. The number of benzene rings is 2. The number of fused-ring (bicyclic) bond motifs is 1. The van der Waals surface area contributed by atoms with Gasteiger partial charge in [0, 0.05) is 18.1 Å². The third-order valence-corrected chi connectivity index (χ3v) is 3.69. The first-order valence-electron chi connectivity index (χ1n) is 5.82. The fraction of sp³-hybridized carbons (Fsp3) is 0.0667. The fourth-order valence-corrected chi connectivity index (χ4v) is 2.47. The van der Waals surface area contributed by atoms with Crippen LogP contribution in [0.25, 0.3) is 10.9 Å². The van der Waals surface area contributed by atoms with Crippen molar-refractivity contribution in [1.29, 1.82) is 0 Å². The Kier molecular flexibility index (Phi) is 3.11. The molecule has 0 saturated carbocycles. The minimum atomic E-state index is -0.286. The summed E-state index contributed by atoms with van der Waals surface area (Å²) in [6.07, 6.45) is 1.90. The summed E-state index contributed by atoms with van der Waals surface area (Å²) in [6, 6.07) is 11.5. The molecule has 96 valence electrons. The number of hydrogen-bond acceptors (Lipinski definition) is 0. The van der Waals surface area contributed by atoms with Gasteiger partial charge >= 0.3 is 0 Å². The molecule has 1 aromatic heterocycles. The number of aromatic nitrogens is 1. The molecule has 2 aromatic carbocycles. The maximum atomic E-state index is 13.6. The number of halogens is 3. The Morgan fingerprint density at radius 2 is 1.74 bits per heavy atom. The Bertz CT molecular complexity index is 732. The second-order valence-corrected chi connectivity index (χ2v) is 5.25. The van der Waals surface area contributed by atoms with Crippen LogP contribution in [0.1, 0.15) is 5.56 Å². The Morgan fingerprint density at radius 1 is 1.00 bits per heavy atom. The van der Waals surface area contributed by atoms with Gasteiger partial charge in [0.1, 0.15) is 11.6 Å². The van der Waals surface area contributed by atoms with Crippen LogP contribution < -0.4 is 0 Å². The molecule has 1 heterocycles. The Morgan fingerprint density at radius 3 is 2.47 bits per heavy atom. The lowest BCUT2D eigenvalue weighted by Gasteiger charge is -2.06. The molecule has 3 rings (SSSR count). The first-order valence-corrected chi connectivity index (χ1v) is 6.61. The van der Waals surface area contributed by atoms with E-state index in [2.05, 4.69) is 15.9 Å². The number of rotatable bonds is 2. The maximum Gasteiger partial charge on any atom is 0.139 e. The van der Waals surface area contributed by atoms with Gasteiger partial charge in [-0.25, -0.2) is 8.78 Å². The van der Waals surface area contributed by atoms with E-state index >= 15 is 0 Å². The quantitative estimate of drug-likeness (QED) is 0.643. The summed E-state index contributed by atoms with van der Waals surface area (Å²) >= 11 is 3.17. The normalized spacial score (nSPS) is 11.1. The van der Waals surface area contributed by atoms with Gasteiger partial charge in [-0.15, -0.1) is 0 Å². The molecule has 0 aliphatic rings. The highest BCUT2D eigenvalue weighted by molar-refractivity contribution is 9.10. The van der Waals surface area contributed by atoms with E-state index in [0.717, 1.165) is 16.5 Å². The van der Waals surface area contributed by atoms with Crippen molar-refractivity contribution < 1.29 is 8.78 Å². The van der Waals surface area contributed by atoms with E-state index in [0.29, 0.717) is 11.0 Å². The SMILES string of the molecule is Fc1ccc(Cn2ccc3cc(Br)c(F)cc32)cc1. The topological polar surface area (TPSA) is 4.93 Å². The van der Waals surface area contributed by atoms with Gasteiger partial charge in [-0.2, -0.15) is 0 Å².